The molecule has 0 atom stereocenters. The monoisotopic (exact) mass is 384 g/mol. The molecule has 0 aromatic heterocycles. The highest BCUT2D eigenvalue weighted by Crippen LogP contribution is 2.28. The number of benzene rings is 3. The predicted octanol–water partition coefficient (Wildman–Crippen LogP) is 5.86. The van der Waals surface area contributed by atoms with Crippen LogP contribution >= 0.6 is 0 Å². The Kier molecular flexibility index (Phi) is 7.69. The molecule has 0 saturated heterocycles. The molecule has 3 rings (SSSR count). The maximum absolute atomic E-state index is 14.1. The summed E-state index contributed by atoms with van der Waals surface area (Å²) in [4.78, 5) is 10.7. The first kappa shape index (κ1) is 21.1. The molecule has 5 heteroatoms. The van der Waals surface area contributed by atoms with Crippen LogP contribution in [-0.2, 0) is 17.8 Å². The maximum atomic E-state index is 14.1. The van der Waals surface area contributed by atoms with Crippen molar-refractivity contribution in [2.45, 2.75) is 26.9 Å². The van der Waals surface area contributed by atoms with Crippen LogP contribution in [0.25, 0.3) is 11.1 Å². The van der Waals surface area contributed by atoms with E-state index in [1.165, 1.54) is 0 Å². The highest BCUT2D eigenvalue weighted by atomic mass is 19.1. The van der Waals surface area contributed by atoms with Gasteiger partial charge in [-0.25, -0.2) is 8.78 Å². The fourth-order valence-electron chi connectivity index (χ4n) is 2.65. The van der Waals surface area contributed by atoms with Gasteiger partial charge in [0.05, 0.1) is 6.42 Å². The van der Waals surface area contributed by atoms with E-state index in [0.717, 1.165) is 18.2 Å². The van der Waals surface area contributed by atoms with E-state index in [0.29, 0.717) is 22.4 Å². The number of aliphatic carboxylic acids is 1. The van der Waals surface area contributed by atoms with Gasteiger partial charge in [0.15, 0.2) is 0 Å². The molecule has 0 amide bonds. The molecular formula is C23H22F2O3. The van der Waals surface area contributed by atoms with Crippen molar-refractivity contribution in [1.29, 1.82) is 0 Å². The molecule has 0 bridgehead atoms. The second-order valence-electron chi connectivity index (χ2n) is 5.78. The molecule has 3 aromatic rings. The Bertz CT molecular complexity index is 921. The summed E-state index contributed by atoms with van der Waals surface area (Å²) in [7, 11) is 0. The third kappa shape index (κ3) is 5.64. The maximum Gasteiger partial charge on any atom is 0.307 e. The molecule has 0 unspecified atom stereocenters. The Morgan fingerprint density at radius 1 is 0.929 bits per heavy atom. The summed E-state index contributed by atoms with van der Waals surface area (Å²) in [6, 6.07) is 17.1. The smallest absolute Gasteiger partial charge is 0.307 e. The molecule has 0 aliphatic heterocycles. The first-order valence-corrected chi connectivity index (χ1v) is 9.00. The number of hydrogen-bond acceptors (Lipinski definition) is 2. The van der Waals surface area contributed by atoms with Gasteiger partial charge in [-0.15, -0.1) is 0 Å². The van der Waals surface area contributed by atoms with Crippen molar-refractivity contribution in [2.75, 3.05) is 0 Å². The molecule has 28 heavy (non-hydrogen) atoms. The van der Waals surface area contributed by atoms with Gasteiger partial charge in [0, 0.05) is 5.56 Å². The number of rotatable bonds is 6. The summed E-state index contributed by atoms with van der Waals surface area (Å²) in [5, 5.41) is 8.78. The van der Waals surface area contributed by atoms with Crippen molar-refractivity contribution in [3.05, 3.63) is 89.5 Å². The van der Waals surface area contributed by atoms with Crippen LogP contribution in [0.1, 0.15) is 25.0 Å². The van der Waals surface area contributed by atoms with Gasteiger partial charge in [-0.05, 0) is 47.0 Å². The lowest BCUT2D eigenvalue weighted by Crippen LogP contribution is -2.01. The van der Waals surface area contributed by atoms with Crippen LogP contribution in [0.5, 0.6) is 5.75 Å². The number of carbonyl (C=O) groups is 1. The van der Waals surface area contributed by atoms with Crippen LogP contribution in [0.2, 0.25) is 0 Å². The molecule has 0 saturated carbocycles. The third-order valence-corrected chi connectivity index (χ3v) is 3.91. The van der Waals surface area contributed by atoms with Crippen LogP contribution in [-0.4, -0.2) is 11.1 Å². The summed E-state index contributed by atoms with van der Waals surface area (Å²) in [6.07, 6.45) is -0.0536. The molecule has 0 radical (unpaired) electrons. The lowest BCUT2D eigenvalue weighted by Gasteiger charge is -2.12. The van der Waals surface area contributed by atoms with E-state index in [1.807, 2.05) is 13.8 Å². The van der Waals surface area contributed by atoms with E-state index in [2.05, 4.69) is 0 Å². The van der Waals surface area contributed by atoms with Gasteiger partial charge in [0.1, 0.15) is 24.0 Å². The molecule has 0 heterocycles. The Labute approximate surface area is 163 Å². The summed E-state index contributed by atoms with van der Waals surface area (Å²) < 4.78 is 33.3. The summed E-state index contributed by atoms with van der Waals surface area (Å²) >= 11 is 0. The lowest BCUT2D eigenvalue weighted by molar-refractivity contribution is -0.136. The highest BCUT2D eigenvalue weighted by molar-refractivity contribution is 5.70. The van der Waals surface area contributed by atoms with Crippen LogP contribution in [0.4, 0.5) is 8.78 Å². The van der Waals surface area contributed by atoms with Gasteiger partial charge in [-0.1, -0.05) is 50.2 Å². The second kappa shape index (κ2) is 10.2. The number of hydrogen-bond donors (Lipinski definition) is 1. The average Bonchev–Trinajstić information content (AvgIpc) is 2.71. The Morgan fingerprint density at radius 2 is 1.61 bits per heavy atom. The topological polar surface area (TPSA) is 46.5 Å². The fourth-order valence-corrected chi connectivity index (χ4v) is 2.65. The minimum atomic E-state index is -0.898. The van der Waals surface area contributed by atoms with Crippen molar-refractivity contribution in [3.8, 4) is 16.9 Å². The van der Waals surface area contributed by atoms with E-state index >= 15 is 0 Å². The lowest BCUT2D eigenvalue weighted by atomic mass is 9.99. The van der Waals surface area contributed by atoms with Gasteiger partial charge in [0.25, 0.3) is 0 Å². The average molecular weight is 384 g/mol. The number of ether oxygens (including phenoxy) is 1. The van der Waals surface area contributed by atoms with E-state index in [1.54, 1.807) is 48.5 Å². The van der Waals surface area contributed by atoms with Gasteiger partial charge < -0.3 is 9.84 Å². The van der Waals surface area contributed by atoms with E-state index in [-0.39, 0.29) is 18.6 Å². The summed E-state index contributed by atoms with van der Waals surface area (Å²) in [5.41, 5.74) is 2.13. The molecule has 0 spiro atoms. The van der Waals surface area contributed by atoms with Crippen molar-refractivity contribution >= 4 is 5.97 Å². The van der Waals surface area contributed by atoms with E-state index in [4.69, 9.17) is 9.84 Å². The minimum Gasteiger partial charge on any atom is -0.489 e. The van der Waals surface area contributed by atoms with Crippen LogP contribution < -0.4 is 4.74 Å². The van der Waals surface area contributed by atoms with Gasteiger partial charge in [-0.2, -0.15) is 0 Å². The minimum absolute atomic E-state index is 0.0536. The molecular weight excluding hydrogens is 362 g/mol. The number of carboxylic acids is 1. The Hall–Kier alpha value is -3.21. The molecule has 146 valence electrons. The Morgan fingerprint density at radius 3 is 2.29 bits per heavy atom. The van der Waals surface area contributed by atoms with E-state index < -0.39 is 17.6 Å². The van der Waals surface area contributed by atoms with Crippen molar-refractivity contribution in [1.82, 2.24) is 0 Å². The molecule has 3 aromatic carbocycles. The SMILES string of the molecule is CC.O=C(O)Cc1ccc(OCc2ccccc2-c2cc(F)ccc2F)cc1. The first-order chi connectivity index (χ1) is 13.5. The van der Waals surface area contributed by atoms with Crippen molar-refractivity contribution < 1.29 is 23.4 Å². The molecule has 1 N–H and O–H groups in total. The normalized spacial score (nSPS) is 10.0. The van der Waals surface area contributed by atoms with Crippen LogP contribution in [0, 0.1) is 11.6 Å². The highest BCUT2D eigenvalue weighted by Gasteiger charge is 2.11. The fraction of sp³-hybridized carbons (Fsp3) is 0.174. The van der Waals surface area contributed by atoms with Gasteiger partial charge >= 0.3 is 5.97 Å². The largest absolute Gasteiger partial charge is 0.489 e. The molecule has 0 aliphatic rings. The molecule has 3 nitrogen and oxygen atoms in total. The van der Waals surface area contributed by atoms with Gasteiger partial charge in [0.2, 0.25) is 0 Å². The Balaban J connectivity index is 0.00000136. The second-order valence-corrected chi connectivity index (χ2v) is 5.78. The predicted molar refractivity (Wildman–Crippen MR) is 105 cm³/mol. The summed E-state index contributed by atoms with van der Waals surface area (Å²) in [6.45, 7) is 4.17. The molecule has 0 aliphatic carbocycles. The molecule has 0 fully saturated rings. The quantitative estimate of drug-likeness (QED) is 0.579. The van der Waals surface area contributed by atoms with E-state index in [9.17, 15) is 13.6 Å². The van der Waals surface area contributed by atoms with Crippen LogP contribution in [0.3, 0.4) is 0 Å². The number of carboxylic acid groups (broad SMARTS) is 1. The standard InChI is InChI=1S/C21H16F2O3.C2H6/c22-16-7-10-20(23)19(12-16)18-4-2-1-3-15(18)13-26-17-8-5-14(6-9-17)11-21(24)25;1-2/h1-10,12H,11,13H2,(H,24,25);1-2H3. The van der Waals surface area contributed by atoms with Gasteiger partial charge in [-0.3, -0.25) is 4.79 Å². The zero-order valence-corrected chi connectivity index (χ0v) is 15.8. The third-order valence-electron chi connectivity index (χ3n) is 3.91. The van der Waals surface area contributed by atoms with Crippen molar-refractivity contribution in [3.63, 3.8) is 0 Å². The van der Waals surface area contributed by atoms with Crippen LogP contribution in [0.15, 0.2) is 66.7 Å². The zero-order chi connectivity index (χ0) is 20.5. The number of halogens is 2. The first-order valence-electron chi connectivity index (χ1n) is 9.00. The summed E-state index contributed by atoms with van der Waals surface area (Å²) in [5.74, 6) is -1.35. The zero-order valence-electron chi connectivity index (χ0n) is 15.8. The van der Waals surface area contributed by atoms with Crippen molar-refractivity contribution in [2.24, 2.45) is 0 Å².